The van der Waals surface area contributed by atoms with Crippen LogP contribution in [0.4, 0.5) is 5.69 Å². The number of carbonyl (C=O) groups excluding carboxylic acids is 1. The third kappa shape index (κ3) is 4.15. The maximum Gasteiger partial charge on any atom is 0.224 e. The number of anilines is 1. The van der Waals surface area contributed by atoms with E-state index in [-0.39, 0.29) is 5.91 Å². The summed E-state index contributed by atoms with van der Waals surface area (Å²) in [4.78, 5) is 11.3. The van der Waals surface area contributed by atoms with Crippen molar-refractivity contribution in [3.8, 4) is 0 Å². The van der Waals surface area contributed by atoms with E-state index in [1.807, 2.05) is 31.2 Å². The molecule has 1 N–H and O–H groups in total. The van der Waals surface area contributed by atoms with Gasteiger partial charge in [0.15, 0.2) is 0 Å². The molecule has 1 amide bonds. The molecule has 0 aliphatic carbocycles. The van der Waals surface area contributed by atoms with E-state index >= 15 is 0 Å². The van der Waals surface area contributed by atoms with E-state index in [1.165, 1.54) is 5.56 Å². The second-order valence-electron chi connectivity index (χ2n) is 3.60. The van der Waals surface area contributed by atoms with E-state index in [1.54, 1.807) is 0 Å². The summed E-state index contributed by atoms with van der Waals surface area (Å²) in [6.45, 7) is 5.80. The van der Waals surface area contributed by atoms with Crippen molar-refractivity contribution in [2.24, 2.45) is 0 Å². The van der Waals surface area contributed by atoms with Gasteiger partial charge in [0, 0.05) is 12.1 Å². The fourth-order valence-corrected chi connectivity index (χ4v) is 1.41. The van der Waals surface area contributed by atoms with Gasteiger partial charge in [-0.15, -0.1) is 0 Å². The van der Waals surface area contributed by atoms with Crippen LogP contribution in [0.2, 0.25) is 0 Å². The number of hydrogen-bond donors (Lipinski definition) is 1. The van der Waals surface area contributed by atoms with Crippen molar-refractivity contribution < 1.29 is 4.79 Å². The van der Waals surface area contributed by atoms with E-state index in [2.05, 4.69) is 12.2 Å². The molecule has 1 radical (unpaired) electrons. The zero-order valence-electron chi connectivity index (χ0n) is 9.25. The molecule has 1 aromatic rings. The molecule has 0 spiro atoms. The number of aryl methyl sites for hydroxylation is 1. The van der Waals surface area contributed by atoms with Gasteiger partial charge in [0.05, 0.1) is 0 Å². The number of nitrogens with one attached hydrogen (secondary N) is 1. The molecule has 2 nitrogen and oxygen atoms in total. The van der Waals surface area contributed by atoms with Gasteiger partial charge in [0.1, 0.15) is 0 Å². The SMILES string of the molecule is [CH2]CCc1ccc(NC(=O)CCC)cc1. The average molecular weight is 204 g/mol. The number of benzene rings is 1. The van der Waals surface area contributed by atoms with Crippen molar-refractivity contribution in [1.82, 2.24) is 0 Å². The first-order valence-corrected chi connectivity index (χ1v) is 5.44. The fraction of sp³-hybridized carbons (Fsp3) is 0.385. The first-order valence-electron chi connectivity index (χ1n) is 5.44. The second-order valence-corrected chi connectivity index (χ2v) is 3.60. The van der Waals surface area contributed by atoms with Gasteiger partial charge in [-0.05, 0) is 37.0 Å². The summed E-state index contributed by atoms with van der Waals surface area (Å²) in [5.74, 6) is 0.0856. The standard InChI is InChI=1S/C13H18NO/c1-3-5-11-7-9-12(10-8-11)14-13(15)6-4-2/h7-10H,1,3-6H2,2H3,(H,14,15). The highest BCUT2D eigenvalue weighted by Gasteiger charge is 2.00. The summed E-state index contributed by atoms with van der Waals surface area (Å²) < 4.78 is 0. The minimum Gasteiger partial charge on any atom is -0.326 e. The van der Waals surface area contributed by atoms with Crippen LogP contribution in [-0.2, 0) is 11.2 Å². The molecule has 0 aliphatic rings. The highest BCUT2D eigenvalue weighted by molar-refractivity contribution is 5.90. The molecule has 0 saturated carbocycles. The zero-order valence-corrected chi connectivity index (χ0v) is 9.25. The van der Waals surface area contributed by atoms with Crippen LogP contribution in [0.5, 0.6) is 0 Å². The van der Waals surface area contributed by atoms with Gasteiger partial charge in [0.25, 0.3) is 0 Å². The summed E-state index contributed by atoms with van der Waals surface area (Å²) in [5.41, 5.74) is 2.14. The Bertz CT molecular complexity index is 303. The van der Waals surface area contributed by atoms with Crippen molar-refractivity contribution >= 4 is 11.6 Å². The molecule has 0 bridgehead atoms. The van der Waals surface area contributed by atoms with Gasteiger partial charge >= 0.3 is 0 Å². The fourth-order valence-electron chi connectivity index (χ4n) is 1.41. The van der Waals surface area contributed by atoms with Crippen molar-refractivity contribution in [2.75, 3.05) is 5.32 Å². The molecule has 1 aromatic carbocycles. The maximum absolute atomic E-state index is 11.3. The topological polar surface area (TPSA) is 29.1 Å². The van der Waals surface area contributed by atoms with E-state index in [0.29, 0.717) is 6.42 Å². The van der Waals surface area contributed by atoms with Crippen LogP contribution in [0.25, 0.3) is 0 Å². The predicted octanol–water partition coefficient (Wildman–Crippen LogP) is 3.19. The Balaban J connectivity index is 2.52. The van der Waals surface area contributed by atoms with Gasteiger partial charge in [-0.2, -0.15) is 0 Å². The Morgan fingerprint density at radius 1 is 1.33 bits per heavy atom. The van der Waals surface area contributed by atoms with E-state index < -0.39 is 0 Å². The van der Waals surface area contributed by atoms with Crippen LogP contribution in [0.1, 0.15) is 31.7 Å². The lowest BCUT2D eigenvalue weighted by Crippen LogP contribution is -2.10. The van der Waals surface area contributed by atoms with Crippen molar-refractivity contribution in [2.45, 2.75) is 32.6 Å². The van der Waals surface area contributed by atoms with Crippen molar-refractivity contribution in [1.29, 1.82) is 0 Å². The van der Waals surface area contributed by atoms with Crippen LogP contribution < -0.4 is 5.32 Å². The Morgan fingerprint density at radius 3 is 2.53 bits per heavy atom. The van der Waals surface area contributed by atoms with Gasteiger partial charge in [-0.1, -0.05) is 26.0 Å². The third-order valence-electron chi connectivity index (χ3n) is 2.18. The van der Waals surface area contributed by atoms with Gasteiger partial charge < -0.3 is 5.32 Å². The Labute approximate surface area is 91.7 Å². The lowest BCUT2D eigenvalue weighted by molar-refractivity contribution is -0.116. The molecule has 0 unspecified atom stereocenters. The Kier molecular flexibility index (Phi) is 4.88. The molecular weight excluding hydrogens is 186 g/mol. The summed E-state index contributed by atoms with van der Waals surface area (Å²) >= 11 is 0. The highest BCUT2D eigenvalue weighted by atomic mass is 16.1. The Hall–Kier alpha value is -1.31. The van der Waals surface area contributed by atoms with Crippen LogP contribution in [0, 0.1) is 6.92 Å². The zero-order chi connectivity index (χ0) is 11.1. The van der Waals surface area contributed by atoms with Crippen LogP contribution in [0.3, 0.4) is 0 Å². The number of amides is 1. The van der Waals surface area contributed by atoms with Crippen molar-refractivity contribution in [3.63, 3.8) is 0 Å². The second kappa shape index (κ2) is 6.23. The molecule has 81 valence electrons. The van der Waals surface area contributed by atoms with Crippen LogP contribution >= 0.6 is 0 Å². The average Bonchev–Trinajstić information content (AvgIpc) is 2.22. The minimum absolute atomic E-state index is 0.0856. The van der Waals surface area contributed by atoms with E-state index in [4.69, 9.17) is 0 Å². The van der Waals surface area contributed by atoms with Crippen LogP contribution in [-0.4, -0.2) is 5.91 Å². The number of hydrogen-bond acceptors (Lipinski definition) is 1. The normalized spacial score (nSPS) is 10.0. The summed E-state index contributed by atoms with van der Waals surface area (Å²) in [6, 6.07) is 7.95. The number of rotatable bonds is 5. The maximum atomic E-state index is 11.3. The summed E-state index contributed by atoms with van der Waals surface area (Å²) in [7, 11) is 0. The van der Waals surface area contributed by atoms with Gasteiger partial charge in [-0.3, -0.25) is 4.79 Å². The summed E-state index contributed by atoms with van der Waals surface area (Å²) in [6.07, 6.45) is 3.36. The quantitative estimate of drug-likeness (QED) is 0.784. The molecule has 0 aromatic heterocycles. The lowest BCUT2D eigenvalue weighted by Gasteiger charge is -2.05. The highest BCUT2D eigenvalue weighted by Crippen LogP contribution is 2.11. The summed E-state index contributed by atoms with van der Waals surface area (Å²) in [5, 5.41) is 2.86. The molecular formula is C13H18NO. The van der Waals surface area contributed by atoms with Crippen LogP contribution in [0.15, 0.2) is 24.3 Å². The first kappa shape index (κ1) is 11.8. The van der Waals surface area contributed by atoms with Gasteiger partial charge in [0.2, 0.25) is 5.91 Å². The first-order chi connectivity index (χ1) is 7.26. The molecule has 15 heavy (non-hydrogen) atoms. The molecule has 0 fully saturated rings. The van der Waals surface area contributed by atoms with E-state index in [9.17, 15) is 4.79 Å². The molecule has 1 rings (SSSR count). The van der Waals surface area contributed by atoms with E-state index in [0.717, 1.165) is 24.9 Å². The Morgan fingerprint density at radius 2 is 2.00 bits per heavy atom. The largest absolute Gasteiger partial charge is 0.326 e. The molecule has 0 saturated heterocycles. The van der Waals surface area contributed by atoms with Crippen molar-refractivity contribution in [3.05, 3.63) is 36.8 Å². The molecule has 0 heterocycles. The molecule has 0 aliphatic heterocycles. The lowest BCUT2D eigenvalue weighted by atomic mass is 10.1. The smallest absolute Gasteiger partial charge is 0.224 e. The molecule has 0 atom stereocenters. The van der Waals surface area contributed by atoms with Gasteiger partial charge in [-0.25, -0.2) is 0 Å². The molecule has 2 heteroatoms. The monoisotopic (exact) mass is 204 g/mol. The number of carbonyl (C=O) groups is 1. The minimum atomic E-state index is 0.0856. The third-order valence-corrected chi connectivity index (χ3v) is 2.18. The predicted molar refractivity (Wildman–Crippen MR) is 63.7 cm³/mol.